The summed E-state index contributed by atoms with van der Waals surface area (Å²) < 4.78 is 11.5. The number of nitrogens with one attached hydrogen (secondary N) is 1. The van der Waals surface area contributed by atoms with Gasteiger partial charge < -0.3 is 20.5 Å². The van der Waals surface area contributed by atoms with Crippen LogP contribution in [0.2, 0.25) is 0 Å². The van der Waals surface area contributed by atoms with E-state index in [2.05, 4.69) is 37.7 Å². The Labute approximate surface area is 171 Å². The maximum absolute atomic E-state index is 5.91. The predicted octanol–water partition coefficient (Wildman–Crippen LogP) is 3.79. The molecule has 2 rings (SSSR count). The van der Waals surface area contributed by atoms with Crippen LogP contribution in [0.1, 0.15) is 10.4 Å². The standard InChI is InChI=1S/C16H20BrN3O2S.HI/c1-21-14-8-11(13(17)9-15(14)22-2)10-20-16(18)19-6-5-12-4-3-7-23-12;/h3-4,7-9H,5-6,10H2,1-2H3,(H3,18,19,20);1H. The lowest BCUT2D eigenvalue weighted by Gasteiger charge is -2.11. The summed E-state index contributed by atoms with van der Waals surface area (Å²) in [6.45, 7) is 1.22. The topological polar surface area (TPSA) is 68.9 Å². The normalized spacial score (nSPS) is 10.9. The highest BCUT2D eigenvalue weighted by atomic mass is 127. The van der Waals surface area contributed by atoms with E-state index < -0.39 is 0 Å². The molecule has 0 aliphatic heterocycles. The van der Waals surface area contributed by atoms with Crippen LogP contribution in [0.5, 0.6) is 11.5 Å². The third kappa shape index (κ3) is 6.14. The molecule has 5 nitrogen and oxygen atoms in total. The molecule has 24 heavy (non-hydrogen) atoms. The Kier molecular flexibility index (Phi) is 9.45. The lowest BCUT2D eigenvalue weighted by Crippen LogP contribution is -2.33. The van der Waals surface area contributed by atoms with Crippen LogP contribution >= 0.6 is 51.2 Å². The van der Waals surface area contributed by atoms with Gasteiger partial charge in [-0.3, -0.25) is 0 Å². The van der Waals surface area contributed by atoms with Gasteiger partial charge in [0.15, 0.2) is 17.5 Å². The number of hydrogen-bond donors (Lipinski definition) is 2. The van der Waals surface area contributed by atoms with Gasteiger partial charge in [-0.05, 0) is 35.6 Å². The molecule has 0 radical (unpaired) electrons. The monoisotopic (exact) mass is 525 g/mol. The van der Waals surface area contributed by atoms with E-state index in [1.54, 1.807) is 25.6 Å². The molecule has 132 valence electrons. The molecule has 0 saturated heterocycles. The number of benzene rings is 1. The maximum Gasteiger partial charge on any atom is 0.188 e. The predicted molar refractivity (Wildman–Crippen MR) is 114 cm³/mol. The fraction of sp³-hybridized carbons (Fsp3) is 0.312. The molecule has 0 spiro atoms. The zero-order chi connectivity index (χ0) is 16.7. The zero-order valence-corrected chi connectivity index (χ0v) is 18.3. The summed E-state index contributed by atoms with van der Waals surface area (Å²) in [5.74, 6) is 1.78. The second-order valence-electron chi connectivity index (χ2n) is 4.76. The largest absolute Gasteiger partial charge is 0.493 e. The summed E-state index contributed by atoms with van der Waals surface area (Å²) in [6, 6.07) is 7.92. The first-order valence-corrected chi connectivity index (χ1v) is 8.78. The molecule has 0 fully saturated rings. The smallest absolute Gasteiger partial charge is 0.188 e. The Balaban J connectivity index is 0.00000288. The Hall–Kier alpha value is -1.000. The molecule has 0 aliphatic rings. The summed E-state index contributed by atoms with van der Waals surface area (Å²) in [5.41, 5.74) is 6.89. The minimum atomic E-state index is 0. The lowest BCUT2D eigenvalue weighted by molar-refractivity contribution is 0.354. The molecule has 2 aromatic rings. The molecule has 1 heterocycles. The zero-order valence-electron chi connectivity index (χ0n) is 13.5. The van der Waals surface area contributed by atoms with Crippen molar-refractivity contribution in [3.63, 3.8) is 0 Å². The van der Waals surface area contributed by atoms with Crippen molar-refractivity contribution < 1.29 is 9.47 Å². The van der Waals surface area contributed by atoms with Crippen LogP contribution in [0, 0.1) is 0 Å². The molecule has 0 bridgehead atoms. The average molecular weight is 526 g/mol. The van der Waals surface area contributed by atoms with Crippen LogP contribution in [0.25, 0.3) is 0 Å². The number of nitrogens with zero attached hydrogens (tertiary/aromatic N) is 1. The van der Waals surface area contributed by atoms with Gasteiger partial charge in [-0.15, -0.1) is 35.3 Å². The minimum absolute atomic E-state index is 0. The fourth-order valence-corrected chi connectivity index (χ4v) is 3.17. The SMILES string of the molecule is COc1cc(Br)c(CN=C(N)NCCc2cccs2)cc1OC.I. The first-order chi connectivity index (χ1) is 11.1. The quantitative estimate of drug-likeness (QED) is 0.328. The summed E-state index contributed by atoms with van der Waals surface area (Å²) in [4.78, 5) is 5.69. The molecule has 3 N–H and O–H groups in total. The van der Waals surface area contributed by atoms with Gasteiger partial charge in [-0.2, -0.15) is 0 Å². The second kappa shape index (κ2) is 10.8. The third-order valence-corrected chi connectivity index (χ3v) is 4.90. The minimum Gasteiger partial charge on any atom is -0.493 e. The van der Waals surface area contributed by atoms with E-state index in [4.69, 9.17) is 15.2 Å². The Morgan fingerprint density at radius 2 is 2.00 bits per heavy atom. The van der Waals surface area contributed by atoms with Gasteiger partial charge in [0.2, 0.25) is 0 Å². The maximum atomic E-state index is 5.91. The number of guanidine groups is 1. The van der Waals surface area contributed by atoms with Gasteiger partial charge in [0.25, 0.3) is 0 Å². The second-order valence-corrected chi connectivity index (χ2v) is 6.64. The van der Waals surface area contributed by atoms with E-state index in [0.29, 0.717) is 24.0 Å². The number of rotatable bonds is 7. The molecule has 0 aliphatic carbocycles. The number of thiophene rings is 1. The van der Waals surface area contributed by atoms with Crippen LogP contribution < -0.4 is 20.5 Å². The summed E-state index contributed by atoms with van der Waals surface area (Å²) >= 11 is 5.26. The van der Waals surface area contributed by atoms with Crippen molar-refractivity contribution in [2.45, 2.75) is 13.0 Å². The van der Waals surface area contributed by atoms with Crippen molar-refractivity contribution >= 4 is 57.2 Å². The van der Waals surface area contributed by atoms with Crippen LogP contribution in [0.3, 0.4) is 0 Å². The van der Waals surface area contributed by atoms with Crippen LogP contribution in [-0.4, -0.2) is 26.7 Å². The molecule has 1 aromatic heterocycles. The highest BCUT2D eigenvalue weighted by Crippen LogP contribution is 2.33. The first kappa shape index (κ1) is 21.0. The highest BCUT2D eigenvalue weighted by Gasteiger charge is 2.09. The van der Waals surface area contributed by atoms with Crippen LogP contribution in [0.15, 0.2) is 39.1 Å². The first-order valence-electron chi connectivity index (χ1n) is 7.10. The van der Waals surface area contributed by atoms with E-state index in [1.165, 1.54) is 4.88 Å². The fourth-order valence-electron chi connectivity index (χ4n) is 2.01. The van der Waals surface area contributed by atoms with Crippen LogP contribution in [0.4, 0.5) is 0 Å². The number of nitrogens with two attached hydrogens (primary N) is 1. The van der Waals surface area contributed by atoms with E-state index in [-0.39, 0.29) is 24.0 Å². The molecule has 0 amide bonds. The molecular formula is C16H21BrIN3O2S. The van der Waals surface area contributed by atoms with E-state index >= 15 is 0 Å². The van der Waals surface area contributed by atoms with E-state index in [0.717, 1.165) is 23.0 Å². The summed E-state index contributed by atoms with van der Waals surface area (Å²) in [7, 11) is 3.22. The van der Waals surface area contributed by atoms with Gasteiger partial charge in [0.1, 0.15) is 0 Å². The van der Waals surface area contributed by atoms with E-state index in [9.17, 15) is 0 Å². The van der Waals surface area contributed by atoms with Crippen molar-refractivity contribution in [3.8, 4) is 11.5 Å². The Bertz CT molecular complexity index is 666. The number of hydrogen-bond acceptors (Lipinski definition) is 4. The lowest BCUT2D eigenvalue weighted by atomic mass is 10.2. The van der Waals surface area contributed by atoms with Crippen LogP contribution in [-0.2, 0) is 13.0 Å². The molecule has 0 atom stereocenters. The third-order valence-electron chi connectivity index (χ3n) is 3.23. The number of ether oxygens (including phenoxy) is 2. The average Bonchev–Trinajstić information content (AvgIpc) is 3.06. The molecular weight excluding hydrogens is 505 g/mol. The molecule has 1 aromatic carbocycles. The number of halogens is 2. The van der Waals surface area contributed by atoms with Crippen molar-refractivity contribution in [1.82, 2.24) is 5.32 Å². The Morgan fingerprint density at radius 1 is 1.29 bits per heavy atom. The van der Waals surface area contributed by atoms with Crippen molar-refractivity contribution in [3.05, 3.63) is 44.6 Å². The van der Waals surface area contributed by atoms with Gasteiger partial charge in [-0.1, -0.05) is 22.0 Å². The summed E-state index contributed by atoms with van der Waals surface area (Å²) in [6.07, 6.45) is 0.938. The van der Waals surface area contributed by atoms with Gasteiger partial charge in [0.05, 0.1) is 20.8 Å². The van der Waals surface area contributed by atoms with Gasteiger partial charge >= 0.3 is 0 Å². The van der Waals surface area contributed by atoms with Gasteiger partial charge in [0, 0.05) is 15.9 Å². The van der Waals surface area contributed by atoms with Crippen molar-refractivity contribution in [2.75, 3.05) is 20.8 Å². The molecule has 0 unspecified atom stereocenters. The number of aliphatic imine (C=N–C) groups is 1. The molecule has 0 saturated carbocycles. The van der Waals surface area contributed by atoms with Crippen molar-refractivity contribution in [2.24, 2.45) is 10.7 Å². The van der Waals surface area contributed by atoms with Crippen molar-refractivity contribution in [1.29, 1.82) is 0 Å². The summed E-state index contributed by atoms with van der Waals surface area (Å²) in [5, 5.41) is 5.20. The number of methoxy groups -OCH3 is 2. The van der Waals surface area contributed by atoms with Gasteiger partial charge in [-0.25, -0.2) is 4.99 Å². The Morgan fingerprint density at radius 3 is 2.62 bits per heavy atom. The molecule has 8 heteroatoms. The van der Waals surface area contributed by atoms with E-state index in [1.807, 2.05) is 18.2 Å². The highest BCUT2D eigenvalue weighted by molar-refractivity contribution is 14.0.